The molecular weight excluding hydrogens is 695 g/mol. The minimum atomic E-state index is -5.16. The number of aromatic hydroxyl groups is 1. The SMILES string of the molecule is CCC/C(=C\c1cc(Br)ccc1O)CC[C@H]1OB(O)C[C@H]2C1=C(CC)C[C@H]1C(=O)N(c3cc(C(F)(F)F)cc(C(F)(F)F)c3)C(=O)[C@H]12. The van der Waals surface area contributed by atoms with Crippen molar-refractivity contribution in [2.24, 2.45) is 17.8 Å². The van der Waals surface area contributed by atoms with Crippen molar-refractivity contribution in [1.29, 1.82) is 0 Å². The Hall–Kier alpha value is -3.10. The number of imide groups is 1. The molecule has 2 fully saturated rings. The standard InChI is InChI=1S/C33H33BBrF6NO5/c1-3-5-17(10-19-11-22(35)7-8-26(19)43)6-9-27-28-18(4-2)12-24-29(25(28)16-34(46)47-27)31(45)42(30(24)44)23-14-20(32(36,37)38)13-21(15-23)33(39,40)41/h7-8,10-11,13-15,24-25,27,29,43,46H,3-6,9,12,16H2,1-2H3/b17-10+/t24-,25+,27-,29-/m1/s1. The van der Waals surface area contributed by atoms with Crippen LogP contribution in [0.25, 0.3) is 6.08 Å². The number of halogens is 7. The van der Waals surface area contributed by atoms with E-state index < -0.39 is 72.0 Å². The number of phenols is 1. The molecule has 5 rings (SSSR count). The predicted molar refractivity (Wildman–Crippen MR) is 167 cm³/mol. The number of phenolic OH excluding ortho intramolecular Hbond substituents is 1. The van der Waals surface area contributed by atoms with Gasteiger partial charge in [0, 0.05) is 10.0 Å². The zero-order valence-electron chi connectivity index (χ0n) is 25.6. The molecule has 0 saturated carbocycles. The van der Waals surface area contributed by atoms with Crippen LogP contribution in [0.3, 0.4) is 0 Å². The van der Waals surface area contributed by atoms with Gasteiger partial charge in [0.1, 0.15) is 5.75 Å². The number of amides is 2. The Morgan fingerprint density at radius 2 is 1.66 bits per heavy atom. The first-order valence-electron chi connectivity index (χ1n) is 15.4. The molecule has 4 atom stereocenters. The van der Waals surface area contributed by atoms with E-state index in [9.17, 15) is 46.1 Å². The highest BCUT2D eigenvalue weighted by Crippen LogP contribution is 2.52. The van der Waals surface area contributed by atoms with Crippen molar-refractivity contribution >= 4 is 46.6 Å². The number of alkyl halides is 6. The van der Waals surface area contributed by atoms with E-state index in [1.54, 1.807) is 18.2 Å². The summed E-state index contributed by atoms with van der Waals surface area (Å²) in [5, 5.41) is 21.2. The van der Waals surface area contributed by atoms with Gasteiger partial charge in [-0.05, 0) is 86.3 Å². The lowest BCUT2D eigenvalue weighted by Crippen LogP contribution is -2.46. The molecule has 0 bridgehead atoms. The Bertz CT molecular complexity index is 1590. The second kappa shape index (κ2) is 13.4. The molecule has 2 aliphatic heterocycles. The van der Waals surface area contributed by atoms with Crippen molar-refractivity contribution in [2.45, 2.75) is 77.1 Å². The van der Waals surface area contributed by atoms with Crippen molar-refractivity contribution in [2.75, 3.05) is 4.90 Å². The number of anilines is 1. The number of fused-ring (bicyclic) bond motifs is 3. The Labute approximate surface area is 276 Å². The number of allylic oxidation sites excluding steroid dienone is 2. The third kappa shape index (κ3) is 7.19. The van der Waals surface area contributed by atoms with Gasteiger partial charge in [-0.3, -0.25) is 9.59 Å². The highest BCUT2D eigenvalue weighted by Gasteiger charge is 2.57. The summed E-state index contributed by atoms with van der Waals surface area (Å²) in [5.74, 6) is -4.43. The molecule has 0 radical (unpaired) electrons. The third-order valence-electron chi connectivity index (χ3n) is 9.21. The van der Waals surface area contributed by atoms with Gasteiger partial charge in [0.25, 0.3) is 0 Å². The van der Waals surface area contributed by atoms with Gasteiger partial charge in [-0.25, -0.2) is 4.90 Å². The molecule has 2 aromatic rings. The van der Waals surface area contributed by atoms with Crippen LogP contribution >= 0.6 is 15.9 Å². The fraction of sp³-hybridized carbons (Fsp3) is 0.455. The maximum Gasteiger partial charge on any atom is 0.455 e. The van der Waals surface area contributed by atoms with Crippen molar-refractivity contribution in [3.8, 4) is 5.75 Å². The van der Waals surface area contributed by atoms with Crippen LogP contribution in [0.1, 0.15) is 69.1 Å². The van der Waals surface area contributed by atoms with Crippen LogP contribution in [0.4, 0.5) is 32.0 Å². The zero-order valence-corrected chi connectivity index (χ0v) is 27.2. The molecule has 0 spiro atoms. The lowest BCUT2D eigenvalue weighted by molar-refractivity contribution is -0.143. The second-order valence-electron chi connectivity index (χ2n) is 12.2. The van der Waals surface area contributed by atoms with Gasteiger partial charge >= 0.3 is 19.5 Å². The number of hydrogen-bond donors (Lipinski definition) is 2. The van der Waals surface area contributed by atoms with Crippen LogP contribution in [0.15, 0.2) is 57.6 Å². The molecule has 2 heterocycles. The molecule has 0 aromatic heterocycles. The highest BCUT2D eigenvalue weighted by atomic mass is 79.9. The van der Waals surface area contributed by atoms with Crippen LogP contribution in [-0.2, 0) is 26.6 Å². The van der Waals surface area contributed by atoms with Gasteiger partial charge < -0.3 is 14.8 Å². The van der Waals surface area contributed by atoms with Crippen LogP contribution in [-0.4, -0.2) is 35.2 Å². The summed E-state index contributed by atoms with van der Waals surface area (Å²) in [4.78, 5) is 28.0. The van der Waals surface area contributed by atoms with Crippen LogP contribution in [0, 0.1) is 17.8 Å². The predicted octanol–water partition coefficient (Wildman–Crippen LogP) is 8.57. The summed E-state index contributed by atoms with van der Waals surface area (Å²) in [6, 6.07) is 5.82. The summed E-state index contributed by atoms with van der Waals surface area (Å²) < 4.78 is 88.6. The first-order valence-corrected chi connectivity index (χ1v) is 16.2. The van der Waals surface area contributed by atoms with Crippen LogP contribution in [0.5, 0.6) is 5.75 Å². The lowest BCUT2D eigenvalue weighted by atomic mass is 9.58. The lowest BCUT2D eigenvalue weighted by Gasteiger charge is -2.43. The van der Waals surface area contributed by atoms with Crippen LogP contribution in [0.2, 0.25) is 6.32 Å². The monoisotopic (exact) mass is 727 g/mol. The average molecular weight is 728 g/mol. The summed E-state index contributed by atoms with van der Waals surface area (Å²) >= 11 is 3.41. The van der Waals surface area contributed by atoms with E-state index in [1.165, 1.54) is 0 Å². The van der Waals surface area contributed by atoms with Crippen molar-refractivity contribution in [3.05, 3.63) is 74.3 Å². The maximum absolute atomic E-state index is 13.9. The van der Waals surface area contributed by atoms with Gasteiger partial charge in [0.2, 0.25) is 11.8 Å². The molecule has 2 N–H and O–H groups in total. The van der Waals surface area contributed by atoms with Crippen molar-refractivity contribution < 1.29 is 50.7 Å². The molecule has 0 unspecified atom stereocenters. The van der Waals surface area contributed by atoms with Gasteiger partial charge in [-0.15, -0.1) is 0 Å². The fourth-order valence-corrected chi connectivity index (χ4v) is 7.57. The third-order valence-corrected chi connectivity index (χ3v) is 9.71. The quantitative estimate of drug-likeness (QED) is 0.123. The molecule has 14 heteroatoms. The number of carbonyl (C=O) groups is 2. The first-order chi connectivity index (χ1) is 22.0. The summed E-state index contributed by atoms with van der Waals surface area (Å²) in [6.07, 6.45) is -6.09. The van der Waals surface area contributed by atoms with E-state index in [-0.39, 0.29) is 24.6 Å². The number of nitrogens with zero attached hydrogens (tertiary/aromatic N) is 1. The van der Waals surface area contributed by atoms with Crippen LogP contribution < -0.4 is 4.90 Å². The molecule has 6 nitrogen and oxygen atoms in total. The van der Waals surface area contributed by atoms with E-state index in [2.05, 4.69) is 15.9 Å². The van der Waals surface area contributed by atoms with E-state index in [0.29, 0.717) is 48.3 Å². The number of benzene rings is 2. The van der Waals surface area contributed by atoms with Crippen molar-refractivity contribution in [1.82, 2.24) is 0 Å². The van der Waals surface area contributed by atoms with Gasteiger partial charge in [-0.1, -0.05) is 53.4 Å². The smallest absolute Gasteiger partial charge is 0.455 e. The maximum atomic E-state index is 13.9. The van der Waals surface area contributed by atoms with E-state index in [0.717, 1.165) is 27.6 Å². The molecule has 2 aromatic carbocycles. The Morgan fingerprint density at radius 3 is 2.26 bits per heavy atom. The topological polar surface area (TPSA) is 87.1 Å². The Kier molecular flexibility index (Phi) is 10.1. The summed E-state index contributed by atoms with van der Waals surface area (Å²) in [6.45, 7) is 3.88. The normalized spacial score (nSPS) is 23.8. The summed E-state index contributed by atoms with van der Waals surface area (Å²) in [7, 11) is -1.30. The average Bonchev–Trinajstić information content (AvgIpc) is 3.25. The largest absolute Gasteiger partial charge is 0.507 e. The van der Waals surface area contributed by atoms with Crippen molar-refractivity contribution in [3.63, 3.8) is 0 Å². The number of rotatable bonds is 8. The Morgan fingerprint density at radius 1 is 1.00 bits per heavy atom. The molecule has 2 amide bonds. The van der Waals surface area contributed by atoms with Gasteiger partial charge in [-0.2, -0.15) is 26.3 Å². The molecule has 1 aliphatic carbocycles. The van der Waals surface area contributed by atoms with E-state index in [1.807, 2.05) is 19.9 Å². The number of carbonyl (C=O) groups excluding carboxylic acids is 2. The zero-order chi connectivity index (χ0) is 34.4. The fourth-order valence-electron chi connectivity index (χ4n) is 7.19. The molecule has 47 heavy (non-hydrogen) atoms. The van der Waals surface area contributed by atoms with Gasteiger partial charge in [0.05, 0.1) is 34.8 Å². The molecule has 3 aliphatic rings. The second-order valence-corrected chi connectivity index (χ2v) is 13.2. The molecule has 2 saturated heterocycles. The Balaban J connectivity index is 1.48. The molecule has 252 valence electrons. The minimum absolute atomic E-state index is 0.0465. The first kappa shape index (κ1) is 35.2. The highest BCUT2D eigenvalue weighted by molar-refractivity contribution is 9.10. The minimum Gasteiger partial charge on any atom is -0.507 e. The molecular formula is C33H33BBrF6NO5. The summed E-state index contributed by atoms with van der Waals surface area (Å²) in [5.41, 5.74) is -0.830. The van der Waals surface area contributed by atoms with Gasteiger partial charge in [0.15, 0.2) is 0 Å². The number of hydrogen-bond acceptors (Lipinski definition) is 5. The van der Waals surface area contributed by atoms with E-state index in [4.69, 9.17) is 4.65 Å². The van der Waals surface area contributed by atoms with E-state index >= 15 is 0 Å².